The van der Waals surface area contributed by atoms with Gasteiger partial charge in [-0.15, -0.1) is 11.3 Å². The minimum absolute atomic E-state index is 0.130. The summed E-state index contributed by atoms with van der Waals surface area (Å²) in [7, 11) is 0. The highest BCUT2D eigenvalue weighted by atomic mass is 32.1. The molecule has 0 spiro atoms. The van der Waals surface area contributed by atoms with Gasteiger partial charge in [-0.1, -0.05) is 0 Å². The average molecular weight is 375 g/mol. The summed E-state index contributed by atoms with van der Waals surface area (Å²) in [6.45, 7) is 1.56. The van der Waals surface area contributed by atoms with Crippen LogP contribution in [0.2, 0.25) is 0 Å². The maximum Gasteiger partial charge on any atom is 0.339 e. The first-order valence-corrected chi connectivity index (χ1v) is 8.56. The fraction of sp³-hybridized carbons (Fsp3) is 0.176. The van der Waals surface area contributed by atoms with Gasteiger partial charge in [-0.3, -0.25) is 14.2 Å². The number of hydrogen-bond donors (Lipinski definition) is 1. The van der Waals surface area contributed by atoms with Crippen molar-refractivity contribution in [2.24, 2.45) is 0 Å². The molecule has 1 amide bonds. The van der Waals surface area contributed by atoms with E-state index in [0.717, 1.165) is 15.9 Å². The predicted molar refractivity (Wildman–Crippen MR) is 94.9 cm³/mol. The van der Waals surface area contributed by atoms with E-state index in [9.17, 15) is 18.8 Å². The van der Waals surface area contributed by atoms with Crippen molar-refractivity contribution >= 4 is 39.1 Å². The molecule has 7 nitrogen and oxygen atoms in total. The predicted octanol–water partition coefficient (Wildman–Crippen LogP) is 2.41. The van der Waals surface area contributed by atoms with Crippen molar-refractivity contribution in [1.82, 2.24) is 9.55 Å². The topological polar surface area (TPSA) is 90.3 Å². The summed E-state index contributed by atoms with van der Waals surface area (Å²) in [4.78, 5) is 41.3. The molecular weight excluding hydrogens is 361 g/mol. The number of carbonyl (C=O) groups is 2. The molecule has 2 aromatic heterocycles. The summed E-state index contributed by atoms with van der Waals surface area (Å²) in [6, 6.07) is 5.25. The quantitative estimate of drug-likeness (QED) is 0.692. The average Bonchev–Trinajstić information content (AvgIpc) is 3.05. The Labute approximate surface area is 151 Å². The van der Waals surface area contributed by atoms with Crippen LogP contribution in [-0.2, 0) is 16.1 Å². The molecule has 0 atom stereocenters. The Hall–Kier alpha value is -3.07. The molecule has 0 radical (unpaired) electrons. The zero-order valence-corrected chi connectivity index (χ0v) is 14.5. The Morgan fingerprint density at radius 1 is 1.31 bits per heavy atom. The lowest BCUT2D eigenvalue weighted by molar-refractivity contribution is -0.116. The number of rotatable bonds is 5. The summed E-state index contributed by atoms with van der Waals surface area (Å²) in [5.74, 6) is -1.50. The van der Waals surface area contributed by atoms with Crippen LogP contribution in [-0.4, -0.2) is 28.0 Å². The summed E-state index contributed by atoms with van der Waals surface area (Å²) >= 11 is 1.15. The Morgan fingerprint density at radius 2 is 2.04 bits per heavy atom. The maximum atomic E-state index is 12.9. The van der Waals surface area contributed by atoms with Crippen molar-refractivity contribution in [3.8, 4) is 0 Å². The molecule has 0 aliphatic rings. The molecule has 0 saturated carbocycles. The number of thiophene rings is 1. The number of fused-ring (bicyclic) bond motifs is 1. The van der Waals surface area contributed by atoms with Gasteiger partial charge >= 0.3 is 5.97 Å². The number of nitrogens with one attached hydrogen (secondary N) is 1. The van der Waals surface area contributed by atoms with Gasteiger partial charge in [-0.2, -0.15) is 0 Å². The van der Waals surface area contributed by atoms with Crippen LogP contribution in [0.25, 0.3) is 10.2 Å². The van der Waals surface area contributed by atoms with E-state index in [4.69, 9.17) is 4.74 Å². The highest BCUT2D eigenvalue weighted by molar-refractivity contribution is 7.17. The minimum Gasteiger partial charge on any atom is -0.462 e. The fourth-order valence-electron chi connectivity index (χ4n) is 2.33. The molecule has 3 rings (SSSR count). The van der Waals surface area contributed by atoms with Crippen molar-refractivity contribution < 1.29 is 18.7 Å². The fourth-order valence-corrected chi connectivity index (χ4v) is 3.19. The Balaban J connectivity index is 1.86. The molecule has 0 saturated heterocycles. The molecule has 134 valence electrons. The second-order valence-corrected chi connectivity index (χ2v) is 6.14. The molecule has 2 heterocycles. The van der Waals surface area contributed by atoms with Gasteiger partial charge in [0, 0.05) is 11.1 Å². The maximum absolute atomic E-state index is 12.9. The number of halogens is 1. The number of aromatic nitrogens is 2. The number of carbonyl (C=O) groups excluding carboxylic acids is 2. The molecule has 0 aliphatic carbocycles. The Bertz CT molecular complexity index is 1030. The van der Waals surface area contributed by atoms with Gasteiger partial charge in [0.25, 0.3) is 5.56 Å². The highest BCUT2D eigenvalue weighted by Gasteiger charge is 2.19. The van der Waals surface area contributed by atoms with Crippen LogP contribution in [0.5, 0.6) is 0 Å². The molecule has 0 fully saturated rings. The largest absolute Gasteiger partial charge is 0.462 e. The lowest BCUT2D eigenvalue weighted by Crippen LogP contribution is -2.28. The number of esters is 1. The van der Waals surface area contributed by atoms with E-state index in [1.165, 1.54) is 36.0 Å². The van der Waals surface area contributed by atoms with Gasteiger partial charge < -0.3 is 10.1 Å². The molecule has 0 unspecified atom stereocenters. The number of benzene rings is 1. The molecular formula is C17H14FN3O4S. The summed E-state index contributed by atoms with van der Waals surface area (Å²) in [5.41, 5.74) is 0.0347. The Morgan fingerprint density at radius 3 is 2.73 bits per heavy atom. The highest BCUT2D eigenvalue weighted by Crippen LogP contribution is 2.21. The number of anilines is 1. The van der Waals surface area contributed by atoms with Gasteiger partial charge in [0.2, 0.25) is 5.91 Å². The molecule has 26 heavy (non-hydrogen) atoms. The number of ether oxygens (including phenoxy) is 1. The summed E-state index contributed by atoms with van der Waals surface area (Å²) in [5, 5.41) is 4.21. The summed E-state index contributed by atoms with van der Waals surface area (Å²) in [6.07, 6.45) is 1.25. The number of hydrogen-bond acceptors (Lipinski definition) is 6. The minimum atomic E-state index is -0.605. The first-order chi connectivity index (χ1) is 12.5. The molecule has 0 bridgehead atoms. The third-order valence-electron chi connectivity index (χ3n) is 3.50. The normalized spacial score (nSPS) is 10.7. The van der Waals surface area contributed by atoms with E-state index in [0.29, 0.717) is 10.5 Å². The molecule has 1 aromatic carbocycles. The third-order valence-corrected chi connectivity index (χ3v) is 4.38. The van der Waals surface area contributed by atoms with Gasteiger partial charge in [0.15, 0.2) is 0 Å². The van der Waals surface area contributed by atoms with Crippen LogP contribution < -0.4 is 10.9 Å². The van der Waals surface area contributed by atoms with Crippen LogP contribution in [0, 0.1) is 5.82 Å². The monoisotopic (exact) mass is 375 g/mol. The Kier molecular flexibility index (Phi) is 5.08. The molecule has 0 aliphatic heterocycles. The molecule has 9 heteroatoms. The molecule has 1 N–H and O–H groups in total. The van der Waals surface area contributed by atoms with E-state index in [2.05, 4.69) is 10.3 Å². The zero-order chi connectivity index (χ0) is 18.7. The lowest BCUT2D eigenvalue weighted by Gasteiger charge is -2.07. The first kappa shape index (κ1) is 17.7. The van der Waals surface area contributed by atoms with E-state index >= 15 is 0 Å². The van der Waals surface area contributed by atoms with Gasteiger partial charge in [-0.25, -0.2) is 14.2 Å². The van der Waals surface area contributed by atoms with E-state index in [-0.39, 0.29) is 24.1 Å². The second kappa shape index (κ2) is 7.44. The number of nitrogens with zero attached hydrogens (tertiary/aromatic N) is 2. The number of amides is 1. The van der Waals surface area contributed by atoms with E-state index in [1.807, 2.05) is 0 Å². The van der Waals surface area contributed by atoms with Crippen molar-refractivity contribution in [2.45, 2.75) is 13.5 Å². The van der Waals surface area contributed by atoms with Gasteiger partial charge in [-0.05, 0) is 31.2 Å². The summed E-state index contributed by atoms with van der Waals surface area (Å²) < 4.78 is 18.9. The van der Waals surface area contributed by atoms with Crippen molar-refractivity contribution in [2.75, 3.05) is 11.9 Å². The van der Waals surface area contributed by atoms with Crippen LogP contribution in [0.15, 0.2) is 40.8 Å². The van der Waals surface area contributed by atoms with E-state index in [1.54, 1.807) is 6.92 Å². The van der Waals surface area contributed by atoms with Crippen molar-refractivity contribution in [1.29, 1.82) is 0 Å². The van der Waals surface area contributed by atoms with Crippen molar-refractivity contribution in [3.05, 3.63) is 57.7 Å². The SMILES string of the molecule is CCOC(=O)c1csc2ncn(CC(=O)Nc3ccc(F)cc3)c(=O)c12. The van der Waals surface area contributed by atoms with Gasteiger partial charge in [0.1, 0.15) is 17.2 Å². The van der Waals surface area contributed by atoms with Crippen LogP contribution >= 0.6 is 11.3 Å². The molecule has 3 aromatic rings. The van der Waals surface area contributed by atoms with Crippen molar-refractivity contribution in [3.63, 3.8) is 0 Å². The smallest absolute Gasteiger partial charge is 0.339 e. The second-order valence-electron chi connectivity index (χ2n) is 5.28. The standard InChI is InChI=1S/C17H14FN3O4S/c1-2-25-17(24)12-8-26-15-14(12)16(23)21(9-19-15)7-13(22)20-11-5-3-10(18)4-6-11/h3-6,8-9H,2,7H2,1H3,(H,20,22). The van der Waals surface area contributed by atoms with Crippen LogP contribution in [0.3, 0.4) is 0 Å². The third kappa shape index (κ3) is 3.62. The van der Waals surface area contributed by atoms with Gasteiger partial charge in [0.05, 0.1) is 23.9 Å². The van der Waals surface area contributed by atoms with Crippen LogP contribution in [0.4, 0.5) is 10.1 Å². The zero-order valence-electron chi connectivity index (χ0n) is 13.7. The first-order valence-electron chi connectivity index (χ1n) is 7.68. The lowest BCUT2D eigenvalue weighted by atomic mass is 10.2. The van der Waals surface area contributed by atoms with E-state index < -0.39 is 23.3 Å². The van der Waals surface area contributed by atoms with Crippen LogP contribution in [0.1, 0.15) is 17.3 Å².